The maximum absolute atomic E-state index is 14.3. The molecule has 5 heteroatoms. The van der Waals surface area contributed by atoms with E-state index in [1.807, 2.05) is 62.4 Å². The van der Waals surface area contributed by atoms with Crippen molar-refractivity contribution < 1.29 is 9.50 Å². The van der Waals surface area contributed by atoms with Gasteiger partial charge in [-0.2, -0.15) is 0 Å². The summed E-state index contributed by atoms with van der Waals surface area (Å²) < 4.78 is 14.3. The lowest BCUT2D eigenvalue weighted by Gasteiger charge is -2.20. The minimum Gasteiger partial charge on any atom is -0.386 e. The van der Waals surface area contributed by atoms with Gasteiger partial charge in [-0.25, -0.2) is 4.39 Å². The molecule has 0 saturated heterocycles. The topological polar surface area (TPSA) is 45.2 Å². The lowest BCUT2D eigenvalue weighted by atomic mass is 9.95. The molecule has 32 heavy (non-hydrogen) atoms. The fourth-order valence-electron chi connectivity index (χ4n) is 3.87. The highest BCUT2D eigenvalue weighted by Crippen LogP contribution is 2.37. The van der Waals surface area contributed by atoms with Crippen molar-refractivity contribution in [3.63, 3.8) is 0 Å². The summed E-state index contributed by atoms with van der Waals surface area (Å²) in [6, 6.07) is 20.3. The van der Waals surface area contributed by atoms with E-state index in [4.69, 9.17) is 11.6 Å². The molecule has 164 valence electrons. The number of halogens is 2. The predicted octanol–water partition coefficient (Wildman–Crippen LogP) is 7.40. The Kier molecular flexibility index (Phi) is 5.93. The molecular formula is C27H26ClFN2O. The molecule has 0 aliphatic carbocycles. The van der Waals surface area contributed by atoms with Gasteiger partial charge in [0, 0.05) is 10.9 Å². The van der Waals surface area contributed by atoms with E-state index in [1.54, 1.807) is 26.0 Å². The number of benzene rings is 3. The van der Waals surface area contributed by atoms with Gasteiger partial charge in [0.25, 0.3) is 0 Å². The molecule has 0 radical (unpaired) electrons. The second kappa shape index (κ2) is 8.53. The van der Waals surface area contributed by atoms with Crippen molar-refractivity contribution in [2.45, 2.75) is 39.3 Å². The number of hydrogen-bond acceptors (Lipinski definition) is 3. The fourth-order valence-corrected chi connectivity index (χ4v) is 4.07. The van der Waals surface area contributed by atoms with Gasteiger partial charge in [-0.3, -0.25) is 4.98 Å². The number of nitrogens with one attached hydrogen (secondary N) is 1. The highest BCUT2D eigenvalue weighted by atomic mass is 35.5. The van der Waals surface area contributed by atoms with E-state index in [0.717, 1.165) is 33.3 Å². The quantitative estimate of drug-likeness (QED) is 0.334. The normalized spacial score (nSPS) is 12.7. The molecule has 0 fully saturated rings. The largest absolute Gasteiger partial charge is 0.386 e. The Bertz CT molecular complexity index is 1280. The van der Waals surface area contributed by atoms with E-state index in [0.29, 0.717) is 16.3 Å². The van der Waals surface area contributed by atoms with Crippen molar-refractivity contribution in [2.24, 2.45) is 0 Å². The van der Waals surface area contributed by atoms with Crippen molar-refractivity contribution >= 4 is 28.2 Å². The van der Waals surface area contributed by atoms with Crippen LogP contribution < -0.4 is 5.32 Å². The molecule has 1 heterocycles. The molecule has 0 aliphatic rings. The van der Waals surface area contributed by atoms with Gasteiger partial charge >= 0.3 is 0 Å². The van der Waals surface area contributed by atoms with Crippen molar-refractivity contribution in [1.82, 2.24) is 4.98 Å². The van der Waals surface area contributed by atoms with Crippen molar-refractivity contribution in [1.29, 1.82) is 0 Å². The van der Waals surface area contributed by atoms with E-state index in [9.17, 15) is 9.50 Å². The second-order valence-corrected chi connectivity index (χ2v) is 9.02. The Labute approximate surface area is 192 Å². The molecule has 4 aromatic rings. The fraction of sp³-hybridized carbons (Fsp3) is 0.222. The third-order valence-corrected chi connectivity index (χ3v) is 6.21. The van der Waals surface area contributed by atoms with Crippen LogP contribution in [0.4, 0.5) is 10.1 Å². The van der Waals surface area contributed by atoms with E-state index in [1.165, 1.54) is 6.07 Å². The zero-order valence-electron chi connectivity index (χ0n) is 18.6. The number of aliphatic hydroxyl groups is 1. The Hall–Kier alpha value is -2.95. The summed E-state index contributed by atoms with van der Waals surface area (Å²) in [6.07, 6.45) is 0. The number of pyridine rings is 1. The molecule has 0 bridgehead atoms. The standard InChI is InChI=1S/C27H26ClFN2O/c1-16(21-7-5-6-8-23(21)29)31-26-22-15-19(11-14-24(22)30-17(2)25(26)28)18-9-12-20(13-10-18)27(3,4)32/h5-16,32H,1-4H3,(H,30,31)/t16-/m1/s1. The zero-order valence-corrected chi connectivity index (χ0v) is 19.3. The number of fused-ring (bicyclic) bond motifs is 1. The molecule has 0 unspecified atom stereocenters. The molecular weight excluding hydrogens is 423 g/mol. The van der Waals surface area contributed by atoms with Gasteiger partial charge < -0.3 is 10.4 Å². The first-order valence-corrected chi connectivity index (χ1v) is 11.0. The SMILES string of the molecule is Cc1nc2ccc(-c3ccc(C(C)(C)O)cc3)cc2c(N[C@H](C)c2ccccc2F)c1Cl. The minimum absolute atomic E-state index is 0.258. The second-order valence-electron chi connectivity index (χ2n) is 8.64. The van der Waals surface area contributed by atoms with Crippen LogP contribution in [0.5, 0.6) is 0 Å². The molecule has 2 N–H and O–H groups in total. The van der Waals surface area contributed by atoms with E-state index in [-0.39, 0.29) is 11.9 Å². The molecule has 3 aromatic carbocycles. The van der Waals surface area contributed by atoms with E-state index >= 15 is 0 Å². The zero-order chi connectivity index (χ0) is 23.0. The van der Waals surface area contributed by atoms with E-state index < -0.39 is 5.60 Å². The summed E-state index contributed by atoms with van der Waals surface area (Å²) in [7, 11) is 0. The summed E-state index contributed by atoms with van der Waals surface area (Å²) >= 11 is 6.67. The lowest BCUT2D eigenvalue weighted by Crippen LogP contribution is -2.14. The Balaban J connectivity index is 1.79. The van der Waals surface area contributed by atoms with Crippen LogP contribution in [0.3, 0.4) is 0 Å². The average Bonchev–Trinajstić information content (AvgIpc) is 2.76. The first-order valence-electron chi connectivity index (χ1n) is 10.6. The smallest absolute Gasteiger partial charge is 0.128 e. The Morgan fingerprint density at radius 1 is 1.00 bits per heavy atom. The summed E-state index contributed by atoms with van der Waals surface area (Å²) in [5.41, 5.74) is 4.81. The number of nitrogens with zero attached hydrogens (tertiary/aromatic N) is 1. The third kappa shape index (κ3) is 4.34. The minimum atomic E-state index is -0.892. The van der Waals surface area contributed by atoms with Gasteiger partial charge in [-0.1, -0.05) is 60.1 Å². The molecule has 4 rings (SSSR count). The van der Waals surface area contributed by atoms with E-state index in [2.05, 4.69) is 10.3 Å². The van der Waals surface area contributed by atoms with Crippen LogP contribution in [-0.4, -0.2) is 10.1 Å². The molecule has 3 nitrogen and oxygen atoms in total. The summed E-state index contributed by atoms with van der Waals surface area (Å²) in [6.45, 7) is 7.31. The molecule has 0 saturated carbocycles. The number of rotatable bonds is 5. The van der Waals surface area contributed by atoms with Crippen LogP contribution in [0, 0.1) is 12.7 Å². The first kappa shape index (κ1) is 22.3. The Morgan fingerprint density at radius 2 is 1.66 bits per heavy atom. The van der Waals surface area contributed by atoms with Gasteiger partial charge in [-0.05, 0) is 62.6 Å². The van der Waals surface area contributed by atoms with Crippen molar-refractivity contribution in [2.75, 3.05) is 5.32 Å². The third-order valence-electron chi connectivity index (χ3n) is 5.75. The maximum Gasteiger partial charge on any atom is 0.128 e. The average molecular weight is 449 g/mol. The number of aromatic nitrogens is 1. The van der Waals surface area contributed by atoms with Crippen LogP contribution in [-0.2, 0) is 5.60 Å². The number of anilines is 1. The number of aryl methyl sites for hydroxylation is 1. The molecule has 0 amide bonds. The first-order chi connectivity index (χ1) is 15.1. The lowest BCUT2D eigenvalue weighted by molar-refractivity contribution is 0.0786. The monoisotopic (exact) mass is 448 g/mol. The van der Waals surface area contributed by atoms with Crippen LogP contribution >= 0.6 is 11.6 Å². The summed E-state index contributed by atoms with van der Waals surface area (Å²) in [4.78, 5) is 4.64. The Morgan fingerprint density at radius 3 is 2.31 bits per heavy atom. The predicted molar refractivity (Wildman–Crippen MR) is 131 cm³/mol. The van der Waals surface area contributed by atoms with Crippen molar-refractivity contribution in [3.05, 3.63) is 94.4 Å². The summed E-state index contributed by atoms with van der Waals surface area (Å²) in [5.74, 6) is -0.258. The highest BCUT2D eigenvalue weighted by Gasteiger charge is 2.18. The van der Waals surface area contributed by atoms with Crippen LogP contribution in [0.15, 0.2) is 66.7 Å². The van der Waals surface area contributed by atoms with Crippen molar-refractivity contribution in [3.8, 4) is 11.1 Å². The van der Waals surface area contributed by atoms with Gasteiger partial charge in [0.15, 0.2) is 0 Å². The molecule has 1 aromatic heterocycles. The number of hydrogen-bond donors (Lipinski definition) is 2. The van der Waals surface area contributed by atoms with Crippen LogP contribution in [0.25, 0.3) is 22.0 Å². The van der Waals surface area contributed by atoms with Gasteiger partial charge in [0.1, 0.15) is 5.82 Å². The molecule has 0 aliphatic heterocycles. The van der Waals surface area contributed by atoms with Gasteiger partial charge in [-0.15, -0.1) is 0 Å². The molecule has 0 spiro atoms. The highest BCUT2D eigenvalue weighted by molar-refractivity contribution is 6.35. The van der Waals surface area contributed by atoms with Gasteiger partial charge in [0.05, 0.1) is 33.6 Å². The van der Waals surface area contributed by atoms with Crippen LogP contribution in [0.2, 0.25) is 5.02 Å². The summed E-state index contributed by atoms with van der Waals surface area (Å²) in [5, 5.41) is 15.0. The molecule has 1 atom stereocenters. The van der Waals surface area contributed by atoms with Crippen LogP contribution in [0.1, 0.15) is 43.6 Å². The van der Waals surface area contributed by atoms with Gasteiger partial charge in [0.2, 0.25) is 0 Å². The maximum atomic E-state index is 14.3.